The smallest absolute Gasteiger partial charge is 0.119 e. The fraction of sp³-hybridized carbons (Fsp3) is 0.600. The number of phenols is 1. The Labute approximate surface area is 218 Å². The predicted molar refractivity (Wildman–Crippen MR) is 150 cm³/mol. The second-order valence-corrected chi connectivity index (χ2v) is 11.0. The number of hydrogen-bond acceptors (Lipinski definition) is 2. The Bertz CT molecular complexity index is 926. The van der Waals surface area contributed by atoms with E-state index in [2.05, 4.69) is 47.6 Å². The lowest BCUT2D eigenvalue weighted by Crippen LogP contribution is -2.25. The van der Waals surface area contributed by atoms with Crippen molar-refractivity contribution in [3.05, 3.63) is 57.6 Å². The van der Waals surface area contributed by atoms with Crippen molar-refractivity contribution in [1.82, 2.24) is 0 Å². The summed E-state index contributed by atoms with van der Waals surface area (Å²) in [6.07, 6.45) is 4.40. The van der Waals surface area contributed by atoms with Gasteiger partial charge in [0.2, 0.25) is 0 Å². The van der Waals surface area contributed by atoms with Gasteiger partial charge in [0.05, 0.1) is 12.1 Å². The molecule has 0 radical (unpaired) electrons. The molecule has 0 aliphatic heterocycles. The number of benzene rings is 2. The fourth-order valence-corrected chi connectivity index (χ4v) is 5.59. The average Bonchev–Trinajstić information content (AvgIpc) is 3.39. The molecular weight excluding hydrogens is 463 g/mol. The minimum atomic E-state index is 0.0737. The molecule has 2 aromatic carbocycles. The van der Waals surface area contributed by atoms with Crippen molar-refractivity contribution in [2.45, 2.75) is 111 Å². The summed E-state index contributed by atoms with van der Waals surface area (Å²) in [6, 6.07) is 9.52. The Morgan fingerprint density at radius 3 is 1.97 bits per heavy atom. The van der Waals surface area contributed by atoms with Crippen molar-refractivity contribution >= 4 is 23.7 Å². The van der Waals surface area contributed by atoms with E-state index in [1.807, 2.05) is 39.8 Å². The van der Waals surface area contributed by atoms with Gasteiger partial charge in [0.15, 0.2) is 0 Å². The SMILES string of the molecule is CC.CC.CC(C)C1(C)CCc2c(Cl)ccc(O)c21.CC(C)C1(C)CCc2ccc(SF)cc21. The maximum Gasteiger partial charge on any atom is 0.119 e. The van der Waals surface area contributed by atoms with Crippen molar-refractivity contribution in [3.8, 4) is 5.75 Å². The molecule has 0 saturated heterocycles. The third-order valence-electron chi connectivity index (χ3n) is 7.95. The minimum absolute atomic E-state index is 0.0737. The number of phenolic OH excluding ortho intramolecular Hbond substituents is 1. The van der Waals surface area contributed by atoms with Gasteiger partial charge in [-0.2, -0.15) is 3.89 Å². The number of fused-ring (bicyclic) bond motifs is 2. The molecule has 0 heterocycles. The maximum absolute atomic E-state index is 12.6. The summed E-state index contributed by atoms with van der Waals surface area (Å²) >= 11 is 6.51. The van der Waals surface area contributed by atoms with Crippen LogP contribution in [0.2, 0.25) is 5.02 Å². The van der Waals surface area contributed by atoms with Crippen molar-refractivity contribution in [1.29, 1.82) is 0 Å². The van der Waals surface area contributed by atoms with E-state index >= 15 is 0 Å². The highest BCUT2D eigenvalue weighted by Gasteiger charge is 2.40. The van der Waals surface area contributed by atoms with Crippen LogP contribution >= 0.6 is 23.7 Å². The zero-order chi connectivity index (χ0) is 26.3. The Morgan fingerprint density at radius 1 is 0.882 bits per heavy atom. The van der Waals surface area contributed by atoms with E-state index in [0.717, 1.165) is 40.3 Å². The highest BCUT2D eigenvalue weighted by molar-refractivity contribution is 7.94. The molecule has 2 atom stereocenters. The topological polar surface area (TPSA) is 20.2 Å². The lowest BCUT2D eigenvalue weighted by Gasteiger charge is -2.30. The summed E-state index contributed by atoms with van der Waals surface area (Å²) < 4.78 is 12.6. The average molecular weight is 509 g/mol. The molecule has 4 rings (SSSR count). The van der Waals surface area contributed by atoms with Crippen LogP contribution < -0.4 is 0 Å². The van der Waals surface area contributed by atoms with Crippen molar-refractivity contribution < 1.29 is 8.99 Å². The molecule has 2 aromatic rings. The molecule has 2 unspecified atom stereocenters. The Kier molecular flexibility index (Phi) is 12.0. The van der Waals surface area contributed by atoms with E-state index in [1.165, 1.54) is 17.5 Å². The second-order valence-electron chi connectivity index (χ2n) is 9.96. The molecule has 4 heteroatoms. The second kappa shape index (κ2) is 13.2. The highest BCUT2D eigenvalue weighted by atomic mass is 35.5. The summed E-state index contributed by atoms with van der Waals surface area (Å²) in [5.74, 6) is 1.53. The molecule has 2 aliphatic rings. The summed E-state index contributed by atoms with van der Waals surface area (Å²) in [5, 5.41) is 10.8. The van der Waals surface area contributed by atoms with Gasteiger partial charge in [0.1, 0.15) is 5.75 Å². The van der Waals surface area contributed by atoms with Crippen LogP contribution in [-0.2, 0) is 23.7 Å². The van der Waals surface area contributed by atoms with Crippen LogP contribution in [0.15, 0.2) is 35.2 Å². The Balaban J connectivity index is 0.000000297. The van der Waals surface area contributed by atoms with Crippen molar-refractivity contribution in [2.75, 3.05) is 0 Å². The third kappa shape index (κ3) is 6.13. The molecule has 0 bridgehead atoms. The minimum Gasteiger partial charge on any atom is -0.508 e. The summed E-state index contributed by atoms with van der Waals surface area (Å²) in [4.78, 5) is 0.738. The molecule has 0 spiro atoms. The van der Waals surface area contributed by atoms with Crippen molar-refractivity contribution in [3.63, 3.8) is 0 Å². The number of aryl methyl sites for hydroxylation is 1. The van der Waals surface area contributed by atoms with Crippen LogP contribution in [0.3, 0.4) is 0 Å². The molecule has 0 fully saturated rings. The summed E-state index contributed by atoms with van der Waals surface area (Å²) in [6.45, 7) is 21.4. The van der Waals surface area contributed by atoms with Crippen LogP contribution in [0.4, 0.5) is 3.89 Å². The number of hydrogen-bond donors (Lipinski definition) is 1. The van der Waals surface area contributed by atoms with Gasteiger partial charge in [-0.15, -0.1) is 0 Å². The van der Waals surface area contributed by atoms with E-state index in [-0.39, 0.29) is 10.8 Å². The van der Waals surface area contributed by atoms with Gasteiger partial charge in [-0.1, -0.05) is 86.9 Å². The lowest BCUT2D eigenvalue weighted by molar-refractivity contribution is 0.324. The van der Waals surface area contributed by atoms with Gasteiger partial charge >= 0.3 is 0 Å². The molecule has 2 aliphatic carbocycles. The lowest BCUT2D eigenvalue weighted by atomic mass is 9.74. The van der Waals surface area contributed by atoms with Crippen LogP contribution in [0, 0.1) is 11.8 Å². The van der Waals surface area contributed by atoms with Crippen LogP contribution in [0.5, 0.6) is 5.75 Å². The van der Waals surface area contributed by atoms with E-state index in [9.17, 15) is 8.99 Å². The zero-order valence-corrected chi connectivity index (χ0v) is 24.6. The molecule has 192 valence electrons. The molecule has 1 N–H and O–H groups in total. The van der Waals surface area contributed by atoms with Gasteiger partial charge in [0.25, 0.3) is 0 Å². The fourth-order valence-electron chi connectivity index (χ4n) is 5.06. The van der Waals surface area contributed by atoms with Gasteiger partial charge in [-0.25, -0.2) is 0 Å². The first kappa shape index (κ1) is 30.8. The summed E-state index contributed by atoms with van der Waals surface area (Å²) in [5.41, 5.74) is 5.30. The number of aromatic hydroxyl groups is 1. The first-order chi connectivity index (χ1) is 16.0. The first-order valence-electron chi connectivity index (χ1n) is 13.0. The predicted octanol–water partition coefficient (Wildman–Crippen LogP) is 10.5. The van der Waals surface area contributed by atoms with Gasteiger partial charge in [0, 0.05) is 15.5 Å². The van der Waals surface area contributed by atoms with E-state index < -0.39 is 0 Å². The van der Waals surface area contributed by atoms with E-state index in [1.54, 1.807) is 12.1 Å². The third-order valence-corrected chi connectivity index (χ3v) is 8.73. The number of rotatable bonds is 3. The first-order valence-corrected chi connectivity index (χ1v) is 14.1. The highest BCUT2D eigenvalue weighted by Crippen LogP contribution is 2.50. The standard InChI is InChI=1S/C13H17ClO.C13H17FS.2C2H6/c1-8(2)13(3)7-6-9-10(14)4-5-11(15)12(9)13;1-9(2)13(3)7-6-10-4-5-11(15-14)8-12(10)13;2*1-2/h4-5,8,15H,6-7H2,1-3H3;4-5,8-9H,6-7H2,1-3H3;2*1-2H3. The monoisotopic (exact) mass is 508 g/mol. The molecule has 0 aromatic heterocycles. The molecule has 0 saturated carbocycles. The maximum atomic E-state index is 12.6. The summed E-state index contributed by atoms with van der Waals surface area (Å²) in [7, 11) is 0. The largest absolute Gasteiger partial charge is 0.508 e. The quantitative estimate of drug-likeness (QED) is 0.444. The van der Waals surface area contributed by atoms with E-state index in [4.69, 9.17) is 11.6 Å². The van der Waals surface area contributed by atoms with Crippen LogP contribution in [0.25, 0.3) is 0 Å². The van der Waals surface area contributed by atoms with Crippen LogP contribution in [-0.4, -0.2) is 5.11 Å². The van der Waals surface area contributed by atoms with E-state index in [0.29, 0.717) is 29.7 Å². The van der Waals surface area contributed by atoms with Gasteiger partial charge in [-0.3, -0.25) is 0 Å². The van der Waals surface area contributed by atoms with Crippen molar-refractivity contribution in [2.24, 2.45) is 11.8 Å². The van der Waals surface area contributed by atoms with Gasteiger partial charge < -0.3 is 5.11 Å². The Hall–Kier alpha value is -1.19. The molecule has 1 nitrogen and oxygen atoms in total. The number of halogens is 2. The zero-order valence-electron chi connectivity index (χ0n) is 23.0. The normalized spacial score (nSPS) is 22.1. The molecule has 0 amide bonds. The molecular formula is C30H46ClFOS. The Morgan fingerprint density at radius 2 is 1.44 bits per heavy atom. The molecule has 34 heavy (non-hydrogen) atoms. The van der Waals surface area contributed by atoms with Crippen LogP contribution in [0.1, 0.15) is 104 Å². The van der Waals surface area contributed by atoms with Gasteiger partial charge in [-0.05, 0) is 89.3 Å².